The van der Waals surface area contributed by atoms with Crippen LogP contribution in [0.2, 0.25) is 0 Å². The molecule has 0 aliphatic carbocycles. The fourth-order valence-electron chi connectivity index (χ4n) is 0.665. The number of hydrogen-bond donors (Lipinski definition) is 0. The molecule has 13 heavy (non-hydrogen) atoms. The summed E-state index contributed by atoms with van der Waals surface area (Å²) in [6.45, 7) is 0. The highest BCUT2D eigenvalue weighted by molar-refractivity contribution is 6.15. The molecule has 1 rings (SSSR count). The molecule has 0 aliphatic rings. The van der Waals surface area contributed by atoms with Crippen molar-refractivity contribution in [2.24, 2.45) is 0 Å². The molecule has 0 fully saturated rings. The SMILES string of the molecule is CCl.Fc1cccc(C(F)(F)F)c1. The van der Waals surface area contributed by atoms with E-state index in [4.69, 9.17) is 0 Å². The average Bonchev–Trinajstić information content (AvgIpc) is 2.06. The highest BCUT2D eigenvalue weighted by atomic mass is 35.5. The number of halogens is 5. The van der Waals surface area contributed by atoms with Gasteiger partial charge in [-0.3, -0.25) is 0 Å². The Morgan fingerprint density at radius 2 is 1.69 bits per heavy atom. The zero-order valence-corrected chi connectivity index (χ0v) is 7.46. The Kier molecular flexibility index (Phi) is 4.77. The first-order valence-electron chi connectivity index (χ1n) is 3.21. The second kappa shape index (κ2) is 5.07. The zero-order chi connectivity index (χ0) is 10.5. The van der Waals surface area contributed by atoms with E-state index in [1.165, 1.54) is 6.38 Å². The summed E-state index contributed by atoms with van der Waals surface area (Å²) < 4.78 is 47.6. The van der Waals surface area contributed by atoms with Crippen molar-refractivity contribution in [2.45, 2.75) is 6.18 Å². The van der Waals surface area contributed by atoms with Gasteiger partial charge in [0.05, 0.1) is 5.56 Å². The summed E-state index contributed by atoms with van der Waals surface area (Å²) in [6.07, 6.45) is -2.98. The van der Waals surface area contributed by atoms with Crippen LogP contribution >= 0.6 is 11.6 Å². The van der Waals surface area contributed by atoms with Crippen molar-refractivity contribution in [3.63, 3.8) is 0 Å². The summed E-state index contributed by atoms with van der Waals surface area (Å²) in [7, 11) is 0. The van der Waals surface area contributed by atoms with Gasteiger partial charge in [0.2, 0.25) is 0 Å². The molecule has 0 saturated heterocycles. The van der Waals surface area contributed by atoms with Crippen LogP contribution in [0.25, 0.3) is 0 Å². The molecule has 0 aliphatic heterocycles. The van der Waals surface area contributed by atoms with Gasteiger partial charge in [-0.25, -0.2) is 4.39 Å². The van der Waals surface area contributed by atoms with E-state index in [0.717, 1.165) is 18.2 Å². The molecule has 0 saturated carbocycles. The molecule has 74 valence electrons. The van der Waals surface area contributed by atoms with Gasteiger partial charge in [-0.15, -0.1) is 11.6 Å². The minimum atomic E-state index is -4.46. The maximum atomic E-state index is 12.2. The van der Waals surface area contributed by atoms with Gasteiger partial charge in [-0.05, 0) is 18.2 Å². The quantitative estimate of drug-likeness (QED) is 0.456. The minimum Gasteiger partial charge on any atom is -0.207 e. The van der Waals surface area contributed by atoms with Crippen LogP contribution in [0, 0.1) is 5.82 Å². The Morgan fingerprint density at radius 3 is 2.00 bits per heavy atom. The number of benzene rings is 1. The molecule has 0 nitrogen and oxygen atoms in total. The van der Waals surface area contributed by atoms with Gasteiger partial charge in [0.1, 0.15) is 5.82 Å². The third kappa shape index (κ3) is 4.12. The first kappa shape index (κ1) is 12.2. The van der Waals surface area contributed by atoms with Crippen molar-refractivity contribution < 1.29 is 17.6 Å². The topological polar surface area (TPSA) is 0 Å². The van der Waals surface area contributed by atoms with E-state index in [9.17, 15) is 17.6 Å². The lowest BCUT2D eigenvalue weighted by molar-refractivity contribution is -0.137. The third-order valence-electron chi connectivity index (χ3n) is 1.15. The van der Waals surface area contributed by atoms with E-state index in [2.05, 4.69) is 11.6 Å². The summed E-state index contributed by atoms with van der Waals surface area (Å²) in [4.78, 5) is 0. The van der Waals surface area contributed by atoms with Crippen molar-refractivity contribution in [2.75, 3.05) is 6.38 Å². The van der Waals surface area contributed by atoms with Crippen molar-refractivity contribution in [3.05, 3.63) is 35.6 Å². The number of hydrogen-bond acceptors (Lipinski definition) is 0. The second-order valence-corrected chi connectivity index (χ2v) is 2.01. The van der Waals surface area contributed by atoms with Gasteiger partial charge < -0.3 is 0 Å². The van der Waals surface area contributed by atoms with E-state index in [1.54, 1.807) is 0 Å². The second-order valence-electron chi connectivity index (χ2n) is 2.01. The Labute approximate surface area is 78.1 Å². The molecule has 0 bridgehead atoms. The molecule has 0 atom stereocenters. The first-order valence-corrected chi connectivity index (χ1v) is 3.96. The van der Waals surface area contributed by atoms with Gasteiger partial charge in [0.25, 0.3) is 0 Å². The Balaban J connectivity index is 0.000000671. The van der Waals surface area contributed by atoms with Crippen LogP contribution in [0.3, 0.4) is 0 Å². The number of alkyl halides is 4. The van der Waals surface area contributed by atoms with Crippen LogP contribution in [0.5, 0.6) is 0 Å². The molecule has 0 amide bonds. The first-order chi connectivity index (χ1) is 6.00. The molecule has 0 N–H and O–H groups in total. The molecule has 1 aromatic rings. The normalized spacial score (nSPS) is 10.3. The molecule has 5 heteroatoms. The Bertz CT molecular complexity index is 257. The van der Waals surface area contributed by atoms with Crippen LogP contribution in [0.4, 0.5) is 17.6 Å². The van der Waals surface area contributed by atoms with E-state index >= 15 is 0 Å². The van der Waals surface area contributed by atoms with E-state index in [1.807, 2.05) is 0 Å². The fourth-order valence-corrected chi connectivity index (χ4v) is 0.665. The van der Waals surface area contributed by atoms with Crippen molar-refractivity contribution in [3.8, 4) is 0 Å². The molecular weight excluding hydrogens is 208 g/mol. The lowest BCUT2D eigenvalue weighted by Gasteiger charge is -2.04. The largest absolute Gasteiger partial charge is 0.416 e. The fraction of sp³-hybridized carbons (Fsp3) is 0.250. The molecule has 0 unspecified atom stereocenters. The standard InChI is InChI=1S/C7H4F4.CH3Cl/c8-6-3-1-2-5(4-6)7(9,10)11;1-2/h1-4H;1H3. The highest BCUT2D eigenvalue weighted by Gasteiger charge is 2.30. The summed E-state index contributed by atoms with van der Waals surface area (Å²) in [5, 5.41) is 0. The van der Waals surface area contributed by atoms with Gasteiger partial charge in [0, 0.05) is 6.38 Å². The zero-order valence-electron chi connectivity index (χ0n) is 6.70. The monoisotopic (exact) mass is 214 g/mol. The van der Waals surface area contributed by atoms with Crippen molar-refractivity contribution >= 4 is 11.6 Å². The summed E-state index contributed by atoms with van der Waals surface area (Å²) in [6, 6.07) is 3.27. The third-order valence-corrected chi connectivity index (χ3v) is 1.15. The van der Waals surface area contributed by atoms with Crippen LogP contribution in [-0.2, 0) is 6.18 Å². The maximum absolute atomic E-state index is 12.2. The average molecular weight is 215 g/mol. The smallest absolute Gasteiger partial charge is 0.207 e. The highest BCUT2D eigenvalue weighted by Crippen LogP contribution is 2.28. The molecule has 0 spiro atoms. The van der Waals surface area contributed by atoms with E-state index in [-0.39, 0.29) is 0 Å². The predicted octanol–water partition coefficient (Wildman–Crippen LogP) is 3.70. The van der Waals surface area contributed by atoms with Gasteiger partial charge in [-0.2, -0.15) is 13.2 Å². The van der Waals surface area contributed by atoms with E-state index in [0.29, 0.717) is 6.07 Å². The molecule has 0 heterocycles. The Hall–Kier alpha value is -0.770. The predicted molar refractivity (Wildman–Crippen MR) is 43.2 cm³/mol. The summed E-state index contributed by atoms with van der Waals surface area (Å²) in [5.41, 5.74) is -0.961. The molecular formula is C8H7ClF4. The van der Waals surface area contributed by atoms with Gasteiger partial charge in [-0.1, -0.05) is 6.07 Å². The molecule has 0 aromatic heterocycles. The summed E-state index contributed by atoms with van der Waals surface area (Å²) >= 11 is 4.64. The lowest BCUT2D eigenvalue weighted by Crippen LogP contribution is -2.04. The van der Waals surface area contributed by atoms with Crippen LogP contribution < -0.4 is 0 Å². The van der Waals surface area contributed by atoms with Crippen LogP contribution in [0.15, 0.2) is 24.3 Å². The van der Waals surface area contributed by atoms with Crippen molar-refractivity contribution in [1.29, 1.82) is 0 Å². The Morgan fingerprint density at radius 1 is 1.15 bits per heavy atom. The van der Waals surface area contributed by atoms with Crippen molar-refractivity contribution in [1.82, 2.24) is 0 Å². The van der Waals surface area contributed by atoms with Gasteiger partial charge >= 0.3 is 6.18 Å². The molecule has 0 radical (unpaired) electrons. The van der Waals surface area contributed by atoms with Crippen LogP contribution in [-0.4, -0.2) is 6.38 Å². The lowest BCUT2D eigenvalue weighted by atomic mass is 10.2. The van der Waals surface area contributed by atoms with E-state index < -0.39 is 17.6 Å². The maximum Gasteiger partial charge on any atom is 0.416 e. The number of rotatable bonds is 0. The molecule has 1 aromatic carbocycles. The van der Waals surface area contributed by atoms with Gasteiger partial charge in [0.15, 0.2) is 0 Å². The minimum absolute atomic E-state index is 0.458. The summed E-state index contributed by atoms with van der Waals surface area (Å²) in [5.74, 6) is -0.875. The van der Waals surface area contributed by atoms with Crippen LogP contribution in [0.1, 0.15) is 5.56 Å².